The molecule has 0 aliphatic rings. The first-order chi connectivity index (χ1) is 19.9. The molecule has 0 N–H and O–H groups in total. The van der Waals surface area contributed by atoms with Gasteiger partial charge in [0.05, 0.1) is 29.4 Å². The summed E-state index contributed by atoms with van der Waals surface area (Å²) in [4.78, 5) is 25.0. The molecule has 0 radical (unpaired) electrons. The third kappa shape index (κ3) is 10.9. The van der Waals surface area contributed by atoms with Crippen LogP contribution < -0.4 is 9.47 Å². The van der Waals surface area contributed by atoms with Crippen molar-refractivity contribution >= 4 is 23.5 Å². The average molecular weight is 579 g/mol. The number of hydrogen-bond acceptors (Lipinski definition) is 5. The summed E-state index contributed by atoms with van der Waals surface area (Å²) in [5.41, 5.74) is 2.67. The molecule has 0 spiro atoms. The van der Waals surface area contributed by atoms with Gasteiger partial charge in [0.1, 0.15) is 11.5 Å². The molecule has 1 unspecified atom stereocenters. The first-order valence-electron chi connectivity index (χ1n) is 14.9. The molecule has 41 heavy (non-hydrogen) atoms. The van der Waals surface area contributed by atoms with Gasteiger partial charge in [-0.3, -0.25) is 0 Å². The van der Waals surface area contributed by atoms with Crippen LogP contribution in [0.2, 0.25) is 5.02 Å². The molecule has 0 heterocycles. The lowest BCUT2D eigenvalue weighted by Gasteiger charge is -2.11. The zero-order valence-electron chi connectivity index (χ0n) is 24.6. The summed E-state index contributed by atoms with van der Waals surface area (Å²) < 4.78 is 16.7. The Morgan fingerprint density at radius 2 is 1.32 bits per heavy atom. The fourth-order valence-electron chi connectivity index (χ4n) is 4.27. The van der Waals surface area contributed by atoms with Gasteiger partial charge in [0.25, 0.3) is 0 Å². The van der Waals surface area contributed by atoms with Crippen LogP contribution in [0, 0.1) is 5.92 Å². The molecule has 0 saturated carbocycles. The van der Waals surface area contributed by atoms with E-state index in [0.29, 0.717) is 12.2 Å². The van der Waals surface area contributed by atoms with Gasteiger partial charge in [-0.2, -0.15) is 0 Å². The third-order valence-electron chi connectivity index (χ3n) is 7.14. The van der Waals surface area contributed by atoms with Crippen LogP contribution in [-0.4, -0.2) is 25.2 Å². The fourth-order valence-corrected chi connectivity index (χ4v) is 4.52. The molecule has 5 nitrogen and oxygen atoms in total. The second kappa shape index (κ2) is 17.5. The van der Waals surface area contributed by atoms with Gasteiger partial charge in [-0.05, 0) is 59.9 Å². The van der Waals surface area contributed by atoms with Gasteiger partial charge in [-0.15, -0.1) is 0 Å². The minimum Gasteiger partial charge on any atom is -0.494 e. The van der Waals surface area contributed by atoms with Crippen molar-refractivity contribution in [3.8, 4) is 22.6 Å². The van der Waals surface area contributed by atoms with E-state index in [1.165, 1.54) is 63.1 Å². The third-order valence-corrected chi connectivity index (χ3v) is 7.45. The SMILES string of the molecule is CCCCCCCCCCOc1ccc(-c2ccc(C(=O)Oc3ccc(C(=O)OCC(C)CC)c(Cl)c3)cc2)cc1. The Bertz CT molecular complexity index is 1220. The lowest BCUT2D eigenvalue weighted by molar-refractivity contribution is 0.0447. The molecular formula is C35H43ClO5. The predicted octanol–water partition coefficient (Wildman–Crippen LogP) is 9.95. The average Bonchev–Trinajstić information content (AvgIpc) is 2.99. The summed E-state index contributed by atoms with van der Waals surface area (Å²) in [6.07, 6.45) is 11.2. The molecule has 0 aliphatic carbocycles. The highest BCUT2D eigenvalue weighted by atomic mass is 35.5. The Morgan fingerprint density at radius 1 is 0.732 bits per heavy atom. The van der Waals surface area contributed by atoms with Crippen LogP contribution in [0.25, 0.3) is 11.1 Å². The van der Waals surface area contributed by atoms with Gasteiger partial charge in [0, 0.05) is 6.07 Å². The molecule has 3 aromatic carbocycles. The Kier molecular flexibility index (Phi) is 13.7. The van der Waals surface area contributed by atoms with E-state index in [2.05, 4.69) is 6.92 Å². The zero-order chi connectivity index (χ0) is 29.5. The molecular weight excluding hydrogens is 536 g/mol. The highest BCUT2D eigenvalue weighted by Gasteiger charge is 2.16. The number of rotatable bonds is 17. The number of carbonyl (C=O) groups excluding carboxylic acids is 2. The molecule has 1 atom stereocenters. The monoisotopic (exact) mass is 578 g/mol. The summed E-state index contributed by atoms with van der Waals surface area (Å²) in [6.45, 7) is 7.36. The highest BCUT2D eigenvalue weighted by molar-refractivity contribution is 6.33. The van der Waals surface area contributed by atoms with E-state index in [-0.39, 0.29) is 22.3 Å². The lowest BCUT2D eigenvalue weighted by atomic mass is 10.0. The van der Waals surface area contributed by atoms with Crippen molar-refractivity contribution in [1.82, 2.24) is 0 Å². The van der Waals surface area contributed by atoms with Gasteiger partial charge in [-0.1, -0.05) is 108 Å². The second-order valence-electron chi connectivity index (χ2n) is 10.6. The zero-order valence-corrected chi connectivity index (χ0v) is 25.4. The minimum absolute atomic E-state index is 0.171. The second-order valence-corrected chi connectivity index (χ2v) is 11.0. The number of benzene rings is 3. The van der Waals surface area contributed by atoms with E-state index in [1.54, 1.807) is 12.1 Å². The number of hydrogen-bond donors (Lipinski definition) is 0. The summed E-state index contributed by atoms with van der Waals surface area (Å²) >= 11 is 6.27. The van der Waals surface area contributed by atoms with E-state index in [9.17, 15) is 9.59 Å². The van der Waals surface area contributed by atoms with Gasteiger partial charge < -0.3 is 14.2 Å². The molecule has 0 amide bonds. The predicted molar refractivity (Wildman–Crippen MR) is 166 cm³/mol. The Labute approximate surface area is 250 Å². The maximum Gasteiger partial charge on any atom is 0.343 e. The topological polar surface area (TPSA) is 61.8 Å². The first-order valence-corrected chi connectivity index (χ1v) is 15.3. The Morgan fingerprint density at radius 3 is 1.93 bits per heavy atom. The largest absolute Gasteiger partial charge is 0.494 e. The van der Waals surface area contributed by atoms with E-state index < -0.39 is 11.9 Å². The Hall–Kier alpha value is -3.31. The van der Waals surface area contributed by atoms with Crippen LogP contribution >= 0.6 is 11.6 Å². The molecule has 0 saturated heterocycles. The van der Waals surface area contributed by atoms with Crippen molar-refractivity contribution in [3.63, 3.8) is 0 Å². The number of unbranched alkanes of at least 4 members (excludes halogenated alkanes) is 7. The van der Waals surface area contributed by atoms with Gasteiger partial charge in [0.15, 0.2) is 0 Å². The molecule has 3 rings (SSSR count). The standard InChI is InChI=1S/C35H43ClO5/c1-4-6-7-8-9-10-11-12-23-39-30-19-17-28(18-20-30)27-13-15-29(16-14-27)34(37)41-31-21-22-32(33(36)24-31)35(38)40-25-26(3)5-2/h13-22,24,26H,4-12,23,25H2,1-3H3. The van der Waals surface area contributed by atoms with E-state index >= 15 is 0 Å². The van der Waals surface area contributed by atoms with Crippen molar-refractivity contribution in [2.75, 3.05) is 13.2 Å². The number of halogens is 1. The van der Waals surface area contributed by atoms with Crippen molar-refractivity contribution < 1.29 is 23.8 Å². The summed E-state index contributed by atoms with van der Waals surface area (Å²) in [5.74, 6) is 0.388. The maximum absolute atomic E-state index is 12.7. The summed E-state index contributed by atoms with van der Waals surface area (Å²) in [5, 5.41) is 0.171. The Balaban J connectivity index is 1.46. The quantitative estimate of drug-likeness (QED) is 0.0905. The number of carbonyl (C=O) groups is 2. The number of esters is 2. The highest BCUT2D eigenvalue weighted by Crippen LogP contribution is 2.26. The molecule has 0 fully saturated rings. The summed E-state index contributed by atoms with van der Waals surface area (Å²) in [7, 11) is 0. The van der Waals surface area contributed by atoms with Crippen LogP contribution in [0.15, 0.2) is 66.7 Å². The number of ether oxygens (including phenoxy) is 3. The maximum atomic E-state index is 12.7. The van der Waals surface area contributed by atoms with Crippen molar-refractivity contribution in [3.05, 3.63) is 82.9 Å². The lowest BCUT2D eigenvalue weighted by Crippen LogP contribution is -2.12. The van der Waals surface area contributed by atoms with Crippen LogP contribution in [0.5, 0.6) is 11.5 Å². The van der Waals surface area contributed by atoms with Crippen molar-refractivity contribution in [2.45, 2.75) is 78.6 Å². The van der Waals surface area contributed by atoms with E-state index in [0.717, 1.165) is 36.3 Å². The molecule has 0 aromatic heterocycles. The van der Waals surface area contributed by atoms with Crippen molar-refractivity contribution in [2.24, 2.45) is 5.92 Å². The van der Waals surface area contributed by atoms with Gasteiger partial charge in [0.2, 0.25) is 0 Å². The summed E-state index contributed by atoms with van der Waals surface area (Å²) in [6, 6.07) is 19.7. The minimum atomic E-state index is -0.510. The van der Waals surface area contributed by atoms with E-state index in [1.807, 2.05) is 50.2 Å². The van der Waals surface area contributed by atoms with Crippen LogP contribution in [-0.2, 0) is 4.74 Å². The molecule has 3 aromatic rings. The molecule has 6 heteroatoms. The van der Waals surface area contributed by atoms with Gasteiger partial charge >= 0.3 is 11.9 Å². The smallest absolute Gasteiger partial charge is 0.343 e. The fraction of sp³-hybridized carbons (Fsp3) is 0.429. The van der Waals surface area contributed by atoms with Gasteiger partial charge in [-0.25, -0.2) is 9.59 Å². The first kappa shape index (κ1) is 32.2. The molecule has 220 valence electrons. The van der Waals surface area contributed by atoms with Crippen molar-refractivity contribution in [1.29, 1.82) is 0 Å². The molecule has 0 bridgehead atoms. The molecule has 0 aliphatic heterocycles. The van der Waals surface area contributed by atoms with Crippen LogP contribution in [0.1, 0.15) is 99.3 Å². The van der Waals surface area contributed by atoms with E-state index in [4.69, 9.17) is 25.8 Å². The van der Waals surface area contributed by atoms with Crippen LogP contribution in [0.3, 0.4) is 0 Å². The van der Waals surface area contributed by atoms with Crippen LogP contribution in [0.4, 0.5) is 0 Å². The normalized spacial score (nSPS) is 11.6.